The van der Waals surface area contributed by atoms with Crippen LogP contribution in [-0.4, -0.2) is 48.8 Å². The summed E-state index contributed by atoms with van der Waals surface area (Å²) in [6.07, 6.45) is 2.15. The van der Waals surface area contributed by atoms with Gasteiger partial charge < -0.3 is 15.7 Å². The van der Waals surface area contributed by atoms with Crippen molar-refractivity contribution in [3.8, 4) is 0 Å². The lowest BCUT2D eigenvalue weighted by atomic mass is 9.96. The van der Waals surface area contributed by atoms with E-state index in [9.17, 15) is 4.79 Å². The highest BCUT2D eigenvalue weighted by Crippen LogP contribution is 2.21. The van der Waals surface area contributed by atoms with E-state index in [0.717, 1.165) is 37.5 Å². The maximum absolute atomic E-state index is 11.4. The van der Waals surface area contributed by atoms with Crippen LogP contribution in [0, 0.1) is 5.92 Å². The van der Waals surface area contributed by atoms with E-state index >= 15 is 0 Å². The minimum Gasteiger partial charge on any atom is -0.395 e. The van der Waals surface area contributed by atoms with E-state index in [4.69, 9.17) is 16.7 Å². The molecule has 1 fully saturated rings. The second kappa shape index (κ2) is 8.98. The van der Waals surface area contributed by atoms with E-state index in [2.05, 4.69) is 21.6 Å². The molecule has 0 unspecified atom stereocenters. The van der Waals surface area contributed by atoms with E-state index in [1.165, 1.54) is 5.56 Å². The number of amides is 2. The van der Waals surface area contributed by atoms with Gasteiger partial charge in [0.15, 0.2) is 0 Å². The van der Waals surface area contributed by atoms with Crippen molar-refractivity contribution in [3.05, 3.63) is 34.9 Å². The monoisotopic (exact) mass is 325 g/mol. The summed E-state index contributed by atoms with van der Waals surface area (Å²) in [6, 6.07) is 7.77. The first kappa shape index (κ1) is 17.1. The van der Waals surface area contributed by atoms with Gasteiger partial charge in [0.1, 0.15) is 0 Å². The average molecular weight is 326 g/mol. The van der Waals surface area contributed by atoms with Crippen molar-refractivity contribution in [3.63, 3.8) is 0 Å². The molecule has 1 heterocycles. The number of aliphatic hydroxyl groups excluding tert-OH is 1. The van der Waals surface area contributed by atoms with Crippen LogP contribution in [0.1, 0.15) is 18.4 Å². The van der Waals surface area contributed by atoms with Crippen LogP contribution in [0.5, 0.6) is 0 Å². The number of aliphatic hydroxyl groups is 1. The maximum atomic E-state index is 11.4. The summed E-state index contributed by atoms with van der Waals surface area (Å²) in [5, 5.41) is 14.9. The molecule has 1 saturated heterocycles. The molecule has 2 rings (SSSR count). The van der Waals surface area contributed by atoms with Crippen molar-refractivity contribution in [1.29, 1.82) is 0 Å². The van der Waals surface area contributed by atoms with Gasteiger partial charge >= 0.3 is 6.03 Å². The van der Waals surface area contributed by atoms with E-state index in [1.807, 2.05) is 18.2 Å². The van der Waals surface area contributed by atoms with Gasteiger partial charge in [-0.1, -0.05) is 29.8 Å². The SMILES string of the molecule is O=C(NCCO)NCC1CCN(Cc2ccccc2Cl)CC1. The molecule has 0 aromatic heterocycles. The van der Waals surface area contributed by atoms with Crippen LogP contribution in [0.25, 0.3) is 0 Å². The highest BCUT2D eigenvalue weighted by atomic mass is 35.5. The molecule has 1 aliphatic heterocycles. The topological polar surface area (TPSA) is 64.6 Å². The zero-order valence-electron chi connectivity index (χ0n) is 12.7. The number of carbonyl (C=O) groups is 1. The molecule has 1 aromatic rings. The molecule has 3 N–H and O–H groups in total. The first-order chi connectivity index (χ1) is 10.7. The van der Waals surface area contributed by atoms with Crippen molar-refractivity contribution >= 4 is 17.6 Å². The van der Waals surface area contributed by atoms with Gasteiger partial charge in [-0.2, -0.15) is 0 Å². The zero-order valence-corrected chi connectivity index (χ0v) is 13.5. The van der Waals surface area contributed by atoms with Gasteiger partial charge in [-0.05, 0) is 43.5 Å². The molecule has 0 bridgehead atoms. The molecular weight excluding hydrogens is 302 g/mol. The van der Waals surface area contributed by atoms with Gasteiger partial charge in [-0.25, -0.2) is 4.79 Å². The molecule has 22 heavy (non-hydrogen) atoms. The van der Waals surface area contributed by atoms with Crippen molar-refractivity contribution in [1.82, 2.24) is 15.5 Å². The van der Waals surface area contributed by atoms with E-state index < -0.39 is 0 Å². The van der Waals surface area contributed by atoms with Crippen molar-refractivity contribution < 1.29 is 9.90 Å². The number of piperidine rings is 1. The lowest BCUT2D eigenvalue weighted by Gasteiger charge is -2.32. The molecule has 0 saturated carbocycles. The van der Waals surface area contributed by atoms with Gasteiger partial charge in [-0.15, -0.1) is 0 Å². The number of nitrogens with zero attached hydrogens (tertiary/aromatic N) is 1. The Hall–Kier alpha value is -1.30. The number of urea groups is 1. The zero-order chi connectivity index (χ0) is 15.8. The van der Waals surface area contributed by atoms with Gasteiger partial charge in [0.05, 0.1) is 6.61 Å². The normalized spacial score (nSPS) is 16.5. The summed E-state index contributed by atoms with van der Waals surface area (Å²) in [5.41, 5.74) is 1.17. The summed E-state index contributed by atoms with van der Waals surface area (Å²) >= 11 is 6.20. The molecular formula is C16H24ClN3O2. The fourth-order valence-electron chi connectivity index (χ4n) is 2.69. The molecule has 2 amide bonds. The molecule has 1 aromatic carbocycles. The Balaban J connectivity index is 1.67. The van der Waals surface area contributed by atoms with Gasteiger partial charge in [0.25, 0.3) is 0 Å². The van der Waals surface area contributed by atoms with Crippen LogP contribution < -0.4 is 10.6 Å². The summed E-state index contributed by atoms with van der Waals surface area (Å²) in [6.45, 7) is 3.88. The molecule has 0 atom stereocenters. The Bertz CT molecular complexity index is 476. The van der Waals surface area contributed by atoms with Gasteiger partial charge in [0.2, 0.25) is 0 Å². The Morgan fingerprint density at radius 1 is 1.27 bits per heavy atom. The Labute approximate surface area is 136 Å². The lowest BCUT2D eigenvalue weighted by Crippen LogP contribution is -2.42. The second-order valence-corrected chi connectivity index (χ2v) is 6.08. The second-order valence-electron chi connectivity index (χ2n) is 5.67. The van der Waals surface area contributed by atoms with Crippen LogP contribution in [0.2, 0.25) is 5.02 Å². The summed E-state index contributed by atoms with van der Waals surface area (Å²) in [5.74, 6) is 0.516. The first-order valence-electron chi connectivity index (χ1n) is 7.77. The number of hydrogen-bond donors (Lipinski definition) is 3. The Kier molecular flexibility index (Phi) is 6.96. The third-order valence-electron chi connectivity index (χ3n) is 4.01. The van der Waals surface area contributed by atoms with Crippen molar-refractivity contribution in [2.45, 2.75) is 19.4 Å². The van der Waals surface area contributed by atoms with Crippen LogP contribution in [0.3, 0.4) is 0 Å². The van der Waals surface area contributed by atoms with E-state index in [-0.39, 0.29) is 12.6 Å². The van der Waals surface area contributed by atoms with Gasteiger partial charge in [0, 0.05) is 24.7 Å². The third-order valence-corrected chi connectivity index (χ3v) is 4.38. The molecule has 122 valence electrons. The number of carbonyl (C=O) groups excluding carboxylic acids is 1. The summed E-state index contributed by atoms with van der Waals surface area (Å²) in [7, 11) is 0. The molecule has 1 aliphatic rings. The predicted octanol–water partition coefficient (Wildman–Crippen LogP) is 1.84. The summed E-state index contributed by atoms with van der Waals surface area (Å²) < 4.78 is 0. The third kappa shape index (κ3) is 5.48. The number of benzene rings is 1. The Morgan fingerprint density at radius 3 is 2.68 bits per heavy atom. The number of likely N-dealkylation sites (tertiary alicyclic amines) is 1. The fourth-order valence-corrected chi connectivity index (χ4v) is 2.88. The predicted molar refractivity (Wildman–Crippen MR) is 87.9 cm³/mol. The highest BCUT2D eigenvalue weighted by Gasteiger charge is 2.20. The number of rotatable bonds is 6. The Morgan fingerprint density at radius 2 is 2.00 bits per heavy atom. The molecule has 6 heteroatoms. The summed E-state index contributed by atoms with van der Waals surface area (Å²) in [4.78, 5) is 13.8. The average Bonchev–Trinajstić information content (AvgIpc) is 2.54. The lowest BCUT2D eigenvalue weighted by molar-refractivity contribution is 0.174. The maximum Gasteiger partial charge on any atom is 0.314 e. The minimum absolute atomic E-state index is 0.0339. The largest absolute Gasteiger partial charge is 0.395 e. The van der Waals surface area contributed by atoms with Crippen LogP contribution >= 0.6 is 11.6 Å². The quantitative estimate of drug-likeness (QED) is 0.748. The molecule has 0 radical (unpaired) electrons. The van der Waals surface area contributed by atoms with Crippen LogP contribution in [0.4, 0.5) is 4.79 Å². The van der Waals surface area contributed by atoms with Crippen molar-refractivity contribution in [2.24, 2.45) is 5.92 Å². The highest BCUT2D eigenvalue weighted by molar-refractivity contribution is 6.31. The fraction of sp³-hybridized carbons (Fsp3) is 0.562. The van der Waals surface area contributed by atoms with Gasteiger partial charge in [-0.3, -0.25) is 4.90 Å². The number of halogens is 1. The molecule has 0 aliphatic carbocycles. The van der Waals surface area contributed by atoms with E-state index in [0.29, 0.717) is 19.0 Å². The van der Waals surface area contributed by atoms with Crippen LogP contribution in [-0.2, 0) is 6.54 Å². The van der Waals surface area contributed by atoms with Crippen LogP contribution in [0.15, 0.2) is 24.3 Å². The number of hydrogen-bond acceptors (Lipinski definition) is 3. The molecule has 0 spiro atoms. The smallest absolute Gasteiger partial charge is 0.314 e. The minimum atomic E-state index is -0.201. The first-order valence-corrected chi connectivity index (χ1v) is 8.15. The standard InChI is InChI=1S/C16H24ClN3O2/c17-15-4-2-1-3-14(15)12-20-8-5-13(6-9-20)11-19-16(22)18-7-10-21/h1-4,13,21H,5-12H2,(H2,18,19,22). The van der Waals surface area contributed by atoms with E-state index in [1.54, 1.807) is 0 Å². The van der Waals surface area contributed by atoms with Crippen molar-refractivity contribution in [2.75, 3.05) is 32.8 Å². The molecule has 5 nitrogen and oxygen atoms in total. The number of nitrogens with one attached hydrogen (secondary N) is 2.